The second-order valence-corrected chi connectivity index (χ2v) is 16.3. The number of cyclic esters (lactones) is 1. The maximum Gasteiger partial charge on any atom is 0.338 e. The summed E-state index contributed by atoms with van der Waals surface area (Å²) < 4.78 is 36.3. The van der Waals surface area contributed by atoms with Gasteiger partial charge in [0.05, 0.1) is 6.10 Å². The molecule has 276 valence electrons. The van der Waals surface area contributed by atoms with Gasteiger partial charge >= 0.3 is 5.97 Å². The predicted molar refractivity (Wildman–Crippen MR) is 187 cm³/mol. The zero-order valence-electron chi connectivity index (χ0n) is 30.7. The van der Waals surface area contributed by atoms with E-state index in [0.717, 1.165) is 24.8 Å². The van der Waals surface area contributed by atoms with E-state index in [4.69, 9.17) is 14.2 Å². The Kier molecular flexibility index (Phi) is 12.7. The van der Waals surface area contributed by atoms with Crippen LogP contribution in [-0.2, 0) is 28.6 Å². The van der Waals surface area contributed by atoms with Crippen LogP contribution >= 0.6 is 0 Å². The smallest absolute Gasteiger partial charge is 0.338 e. The van der Waals surface area contributed by atoms with Gasteiger partial charge in [-0.1, -0.05) is 109 Å². The van der Waals surface area contributed by atoms with Crippen LogP contribution in [0, 0.1) is 22.7 Å². The van der Waals surface area contributed by atoms with Crippen molar-refractivity contribution in [2.75, 3.05) is 6.61 Å². The first kappa shape index (κ1) is 38.3. The van der Waals surface area contributed by atoms with Crippen molar-refractivity contribution in [1.29, 1.82) is 0 Å². The van der Waals surface area contributed by atoms with E-state index in [0.29, 0.717) is 51.4 Å². The second kappa shape index (κ2) is 16.2. The number of hydrogen-bond donors (Lipinski definition) is 1. The van der Waals surface area contributed by atoms with Gasteiger partial charge in [0.25, 0.3) is 0 Å². The van der Waals surface area contributed by atoms with E-state index < -0.39 is 53.2 Å². The number of carbonyl (C=O) groups is 3. The lowest BCUT2D eigenvalue weighted by Gasteiger charge is -2.61. The number of unbranched alkanes of at least 4 members (excludes halogenated alkanes) is 10. The summed E-state index contributed by atoms with van der Waals surface area (Å²) in [7, 11) is 0. The van der Waals surface area contributed by atoms with Crippen molar-refractivity contribution in [3.05, 3.63) is 23.8 Å². The number of alkyl halides is 1. The molecule has 3 unspecified atom stereocenters. The van der Waals surface area contributed by atoms with Gasteiger partial charge in [0.2, 0.25) is 5.78 Å². The van der Waals surface area contributed by atoms with Gasteiger partial charge in [-0.15, -0.1) is 0 Å². The highest BCUT2D eigenvalue weighted by atomic mass is 19.1. The largest absolute Gasteiger partial charge is 0.456 e. The van der Waals surface area contributed by atoms with Gasteiger partial charge in [0.15, 0.2) is 24.8 Å². The monoisotopic (exact) mass is 686 g/mol. The molecule has 0 bridgehead atoms. The van der Waals surface area contributed by atoms with Crippen LogP contribution in [0.1, 0.15) is 156 Å². The SMILES string of the molecule is CCCCCCCCCCCCCC(O)C1OC(CCC)O[C@@]2(CC[C@H]3[C@@H]4CCC5=CC(=O)C=C[C@]5(C)[C@@]4(F)CC[C@@]32C)C(=O)COC1=O. The van der Waals surface area contributed by atoms with Gasteiger partial charge in [0, 0.05) is 10.8 Å². The number of carbonyl (C=O) groups excluding carboxylic acids is 3. The molecule has 0 radical (unpaired) electrons. The number of ether oxygens (including phenoxy) is 3. The average molecular weight is 687 g/mol. The Hall–Kier alpha value is -1.90. The zero-order chi connectivity index (χ0) is 35.3. The predicted octanol–water partition coefficient (Wildman–Crippen LogP) is 8.84. The number of halogens is 1. The molecule has 0 amide bonds. The van der Waals surface area contributed by atoms with Crippen molar-refractivity contribution >= 4 is 17.5 Å². The van der Waals surface area contributed by atoms with Crippen LogP contribution in [0.25, 0.3) is 0 Å². The maximum absolute atomic E-state index is 17.5. The third-order valence-corrected chi connectivity index (χ3v) is 13.4. The number of ketones is 2. The molecule has 1 aliphatic heterocycles. The van der Waals surface area contributed by atoms with Crippen molar-refractivity contribution in [1.82, 2.24) is 0 Å². The number of aliphatic hydroxyl groups excluding tert-OH is 1. The molecule has 1 heterocycles. The molecule has 5 aliphatic rings. The summed E-state index contributed by atoms with van der Waals surface area (Å²) in [5.74, 6) is -1.54. The minimum absolute atomic E-state index is 0.0849. The van der Waals surface area contributed by atoms with Crippen molar-refractivity contribution in [2.24, 2.45) is 22.7 Å². The third kappa shape index (κ3) is 7.40. The molecule has 1 saturated heterocycles. The Morgan fingerprint density at radius 1 is 0.878 bits per heavy atom. The molecule has 0 aromatic carbocycles. The molecule has 5 rings (SSSR count). The summed E-state index contributed by atoms with van der Waals surface area (Å²) >= 11 is 0. The Morgan fingerprint density at radius 3 is 2.22 bits per heavy atom. The fourth-order valence-corrected chi connectivity index (χ4v) is 10.4. The van der Waals surface area contributed by atoms with Crippen molar-refractivity contribution in [2.45, 2.75) is 186 Å². The van der Waals surface area contributed by atoms with E-state index in [1.54, 1.807) is 12.2 Å². The number of aliphatic hydroxyl groups is 1. The normalized spacial score (nSPS) is 38.2. The molecule has 7 nitrogen and oxygen atoms in total. The van der Waals surface area contributed by atoms with Crippen molar-refractivity contribution in [3.8, 4) is 0 Å². The fourth-order valence-electron chi connectivity index (χ4n) is 10.4. The van der Waals surface area contributed by atoms with E-state index in [1.165, 1.54) is 57.4 Å². The number of Topliss-reactive ketones (excluding diaryl/α,β-unsaturated/α-hetero) is 1. The molecule has 0 aromatic heterocycles. The summed E-state index contributed by atoms with van der Waals surface area (Å²) in [6, 6.07) is 0. The van der Waals surface area contributed by atoms with E-state index >= 15 is 4.39 Å². The van der Waals surface area contributed by atoms with Gasteiger partial charge < -0.3 is 19.3 Å². The molecule has 3 saturated carbocycles. The maximum atomic E-state index is 17.5. The standard InChI is InChI=1S/C41H63FO7/c1-5-7-8-9-10-11-12-13-14-15-16-18-33(44)36-37(46)47-28-34(45)41(49-35(48-36)17-6-2)24-22-31-32-20-19-29-27-30(43)21-23-38(29,3)40(32,42)26-25-39(31,41)4/h21,23,27,31-33,35-36,44H,5-20,22,24-26,28H2,1-4H3/t31-,32-,33?,35?,36?,38-,39-,40+,41-/m0/s1. The number of hydrogen-bond acceptors (Lipinski definition) is 7. The third-order valence-electron chi connectivity index (χ3n) is 13.4. The summed E-state index contributed by atoms with van der Waals surface area (Å²) in [6.45, 7) is 7.77. The van der Waals surface area contributed by atoms with Crippen LogP contribution < -0.4 is 0 Å². The second-order valence-electron chi connectivity index (χ2n) is 16.3. The van der Waals surface area contributed by atoms with Gasteiger partial charge in [-0.25, -0.2) is 9.18 Å². The number of fused-ring (bicyclic) bond motifs is 6. The van der Waals surface area contributed by atoms with Crippen LogP contribution in [0.3, 0.4) is 0 Å². The summed E-state index contributed by atoms with van der Waals surface area (Å²) in [5, 5.41) is 11.2. The Balaban J connectivity index is 1.24. The summed E-state index contributed by atoms with van der Waals surface area (Å²) in [4.78, 5) is 39.8. The first-order valence-electron chi connectivity index (χ1n) is 19.8. The van der Waals surface area contributed by atoms with Gasteiger partial charge in [-0.3, -0.25) is 9.59 Å². The Bertz CT molecular complexity index is 1250. The molecule has 9 atom stereocenters. The lowest BCUT2D eigenvalue weighted by Crippen LogP contribution is -2.64. The first-order valence-corrected chi connectivity index (χ1v) is 19.8. The van der Waals surface area contributed by atoms with Crippen molar-refractivity contribution in [3.63, 3.8) is 0 Å². The number of allylic oxidation sites excluding steroid dienone is 4. The molecular formula is C41H63FO7. The van der Waals surface area contributed by atoms with Crippen LogP contribution in [0.4, 0.5) is 4.39 Å². The highest BCUT2D eigenvalue weighted by molar-refractivity contribution is 6.01. The van der Waals surface area contributed by atoms with Gasteiger partial charge in [0.1, 0.15) is 11.3 Å². The Morgan fingerprint density at radius 2 is 1.55 bits per heavy atom. The van der Waals surface area contributed by atoms with Gasteiger partial charge in [-0.2, -0.15) is 0 Å². The highest BCUT2D eigenvalue weighted by Gasteiger charge is 2.72. The average Bonchev–Trinajstić information content (AvgIpc) is 3.39. The lowest BCUT2D eigenvalue weighted by atomic mass is 9.45. The Labute approximate surface area is 294 Å². The van der Waals surface area contributed by atoms with Gasteiger partial charge in [-0.05, 0) is 82.3 Å². The molecule has 4 aliphatic carbocycles. The number of rotatable bonds is 15. The molecule has 4 fully saturated rings. The fraction of sp³-hybridized carbons (Fsp3) is 0.829. The molecular weight excluding hydrogens is 623 g/mol. The molecule has 1 N–H and O–H groups in total. The van der Waals surface area contributed by atoms with E-state index in [-0.39, 0.29) is 29.8 Å². The first-order chi connectivity index (χ1) is 23.5. The molecule has 49 heavy (non-hydrogen) atoms. The number of esters is 1. The summed E-state index contributed by atoms with van der Waals surface area (Å²) in [6.07, 6.45) is 19.3. The van der Waals surface area contributed by atoms with Crippen LogP contribution in [-0.4, -0.2) is 59.0 Å². The summed E-state index contributed by atoms with van der Waals surface area (Å²) in [5.41, 5.74) is -3.51. The van der Waals surface area contributed by atoms with Crippen LogP contribution in [0.2, 0.25) is 0 Å². The topological polar surface area (TPSA) is 99.1 Å². The van der Waals surface area contributed by atoms with E-state index in [9.17, 15) is 19.5 Å². The lowest BCUT2D eigenvalue weighted by molar-refractivity contribution is -0.265. The van der Waals surface area contributed by atoms with Crippen LogP contribution in [0.5, 0.6) is 0 Å². The van der Waals surface area contributed by atoms with E-state index in [2.05, 4.69) is 13.8 Å². The zero-order valence-corrected chi connectivity index (χ0v) is 30.7. The van der Waals surface area contributed by atoms with Crippen LogP contribution in [0.15, 0.2) is 23.8 Å². The molecule has 1 spiro atoms. The minimum atomic E-state index is -1.54. The highest BCUT2D eigenvalue weighted by Crippen LogP contribution is 2.70. The molecule has 0 aromatic rings. The minimum Gasteiger partial charge on any atom is -0.456 e. The van der Waals surface area contributed by atoms with E-state index in [1.807, 2.05) is 13.8 Å². The van der Waals surface area contributed by atoms with Crippen molar-refractivity contribution < 1.29 is 38.1 Å². The quantitative estimate of drug-likeness (QED) is 0.136. The molecule has 8 heteroatoms.